The standard InChI is InChI=1S/C14H28N4/c1-11(2)8-13(9-12(3)4)15-7-5-6-14-16-10-17-18-14/h10-13,15H,5-9H2,1-4H3,(H,16,17,18). The Labute approximate surface area is 111 Å². The van der Waals surface area contributed by atoms with E-state index in [9.17, 15) is 0 Å². The highest BCUT2D eigenvalue weighted by atomic mass is 15.2. The molecule has 1 heterocycles. The molecule has 0 aliphatic carbocycles. The molecule has 1 aromatic rings. The molecule has 18 heavy (non-hydrogen) atoms. The zero-order chi connectivity index (χ0) is 13.4. The van der Waals surface area contributed by atoms with Crippen molar-refractivity contribution in [3.63, 3.8) is 0 Å². The van der Waals surface area contributed by atoms with E-state index in [1.807, 2.05) is 0 Å². The highest BCUT2D eigenvalue weighted by molar-refractivity contribution is 4.80. The van der Waals surface area contributed by atoms with Crippen molar-refractivity contribution in [3.05, 3.63) is 12.2 Å². The number of aromatic amines is 1. The lowest BCUT2D eigenvalue weighted by Gasteiger charge is -2.22. The minimum Gasteiger partial charge on any atom is -0.314 e. The lowest BCUT2D eigenvalue weighted by molar-refractivity contribution is 0.358. The Bertz CT molecular complexity index is 283. The van der Waals surface area contributed by atoms with Gasteiger partial charge in [0.2, 0.25) is 0 Å². The highest BCUT2D eigenvalue weighted by Gasteiger charge is 2.11. The smallest absolute Gasteiger partial charge is 0.137 e. The molecule has 0 aromatic carbocycles. The van der Waals surface area contributed by atoms with Crippen molar-refractivity contribution in [2.45, 2.75) is 59.4 Å². The Morgan fingerprint density at radius 1 is 1.17 bits per heavy atom. The number of nitrogens with one attached hydrogen (secondary N) is 2. The second kappa shape index (κ2) is 8.25. The van der Waals surface area contributed by atoms with Crippen LogP contribution in [0, 0.1) is 11.8 Å². The van der Waals surface area contributed by atoms with Gasteiger partial charge in [-0.05, 0) is 37.6 Å². The number of hydrogen-bond donors (Lipinski definition) is 2. The van der Waals surface area contributed by atoms with Crippen molar-refractivity contribution >= 4 is 0 Å². The molecule has 0 spiro atoms. The predicted molar refractivity (Wildman–Crippen MR) is 75.4 cm³/mol. The summed E-state index contributed by atoms with van der Waals surface area (Å²) in [6.07, 6.45) is 6.19. The van der Waals surface area contributed by atoms with Gasteiger partial charge in [-0.3, -0.25) is 5.10 Å². The third kappa shape index (κ3) is 6.74. The van der Waals surface area contributed by atoms with Crippen molar-refractivity contribution in [2.75, 3.05) is 6.54 Å². The molecule has 4 heteroatoms. The maximum Gasteiger partial charge on any atom is 0.137 e. The van der Waals surface area contributed by atoms with E-state index in [1.54, 1.807) is 6.33 Å². The average molecular weight is 252 g/mol. The van der Waals surface area contributed by atoms with Gasteiger partial charge in [0.05, 0.1) is 0 Å². The molecular weight excluding hydrogens is 224 g/mol. The first kappa shape index (κ1) is 15.2. The summed E-state index contributed by atoms with van der Waals surface area (Å²) in [4.78, 5) is 4.14. The van der Waals surface area contributed by atoms with Crippen LogP contribution in [-0.2, 0) is 6.42 Å². The Morgan fingerprint density at radius 2 is 1.83 bits per heavy atom. The van der Waals surface area contributed by atoms with Gasteiger partial charge in [-0.15, -0.1) is 0 Å². The fourth-order valence-electron chi connectivity index (χ4n) is 2.31. The zero-order valence-corrected chi connectivity index (χ0v) is 12.2. The molecule has 0 saturated heterocycles. The van der Waals surface area contributed by atoms with E-state index in [4.69, 9.17) is 0 Å². The summed E-state index contributed by atoms with van der Waals surface area (Å²) in [5.41, 5.74) is 0. The monoisotopic (exact) mass is 252 g/mol. The molecule has 1 aromatic heterocycles. The van der Waals surface area contributed by atoms with E-state index in [0.29, 0.717) is 6.04 Å². The third-order valence-corrected chi connectivity index (χ3v) is 3.00. The van der Waals surface area contributed by atoms with Crippen LogP contribution in [0.15, 0.2) is 6.33 Å². The van der Waals surface area contributed by atoms with Crippen molar-refractivity contribution < 1.29 is 0 Å². The van der Waals surface area contributed by atoms with Gasteiger partial charge in [-0.1, -0.05) is 27.7 Å². The van der Waals surface area contributed by atoms with Crippen LogP contribution in [0.5, 0.6) is 0 Å². The maximum atomic E-state index is 4.14. The molecule has 0 radical (unpaired) electrons. The lowest BCUT2D eigenvalue weighted by Crippen LogP contribution is -2.32. The van der Waals surface area contributed by atoms with Gasteiger partial charge < -0.3 is 5.32 Å². The first-order valence-electron chi connectivity index (χ1n) is 7.15. The van der Waals surface area contributed by atoms with E-state index in [1.165, 1.54) is 12.8 Å². The number of aryl methyl sites for hydroxylation is 1. The molecule has 0 fully saturated rings. The summed E-state index contributed by atoms with van der Waals surface area (Å²) in [6, 6.07) is 0.653. The normalized spacial score (nSPS) is 11.9. The Kier molecular flexibility index (Phi) is 6.94. The van der Waals surface area contributed by atoms with Gasteiger partial charge in [-0.2, -0.15) is 5.10 Å². The van der Waals surface area contributed by atoms with E-state index >= 15 is 0 Å². The van der Waals surface area contributed by atoms with Crippen molar-refractivity contribution in [3.8, 4) is 0 Å². The zero-order valence-electron chi connectivity index (χ0n) is 12.2. The van der Waals surface area contributed by atoms with E-state index < -0.39 is 0 Å². The molecule has 104 valence electrons. The van der Waals surface area contributed by atoms with Crippen LogP contribution < -0.4 is 5.32 Å². The van der Waals surface area contributed by atoms with Crippen LogP contribution in [0.25, 0.3) is 0 Å². The lowest BCUT2D eigenvalue weighted by atomic mass is 9.95. The molecule has 2 N–H and O–H groups in total. The van der Waals surface area contributed by atoms with Crippen LogP contribution in [0.2, 0.25) is 0 Å². The SMILES string of the molecule is CC(C)CC(CC(C)C)NCCCc1ncn[nH]1. The molecule has 0 atom stereocenters. The van der Waals surface area contributed by atoms with Gasteiger partial charge in [0.25, 0.3) is 0 Å². The van der Waals surface area contributed by atoms with Crippen LogP contribution in [-0.4, -0.2) is 27.8 Å². The van der Waals surface area contributed by atoms with Gasteiger partial charge in [0.15, 0.2) is 0 Å². The van der Waals surface area contributed by atoms with Crippen molar-refractivity contribution in [2.24, 2.45) is 11.8 Å². The Hall–Kier alpha value is -0.900. The van der Waals surface area contributed by atoms with E-state index in [-0.39, 0.29) is 0 Å². The Morgan fingerprint density at radius 3 is 2.33 bits per heavy atom. The number of rotatable bonds is 9. The van der Waals surface area contributed by atoms with Gasteiger partial charge in [-0.25, -0.2) is 4.98 Å². The number of nitrogens with zero attached hydrogens (tertiary/aromatic N) is 2. The topological polar surface area (TPSA) is 53.6 Å². The summed E-state index contributed by atoms with van der Waals surface area (Å²) in [7, 11) is 0. The fourth-order valence-corrected chi connectivity index (χ4v) is 2.31. The summed E-state index contributed by atoms with van der Waals surface area (Å²) in [5, 5.41) is 10.4. The van der Waals surface area contributed by atoms with Crippen LogP contribution >= 0.6 is 0 Å². The summed E-state index contributed by atoms with van der Waals surface area (Å²) in [5.74, 6) is 2.51. The highest BCUT2D eigenvalue weighted by Crippen LogP contribution is 2.13. The summed E-state index contributed by atoms with van der Waals surface area (Å²) >= 11 is 0. The number of H-pyrrole nitrogens is 1. The van der Waals surface area contributed by atoms with Gasteiger partial charge in [0, 0.05) is 12.5 Å². The second-order valence-electron chi connectivity index (χ2n) is 5.95. The average Bonchev–Trinajstić information content (AvgIpc) is 2.75. The maximum absolute atomic E-state index is 4.14. The molecule has 0 amide bonds. The largest absolute Gasteiger partial charge is 0.314 e. The molecule has 0 aliphatic rings. The second-order valence-corrected chi connectivity index (χ2v) is 5.95. The van der Waals surface area contributed by atoms with Crippen molar-refractivity contribution in [1.82, 2.24) is 20.5 Å². The van der Waals surface area contributed by atoms with Crippen LogP contribution in [0.4, 0.5) is 0 Å². The molecule has 0 aliphatic heterocycles. The molecule has 4 nitrogen and oxygen atoms in total. The number of hydrogen-bond acceptors (Lipinski definition) is 3. The fraction of sp³-hybridized carbons (Fsp3) is 0.857. The van der Waals surface area contributed by atoms with Crippen molar-refractivity contribution in [1.29, 1.82) is 0 Å². The molecule has 1 rings (SSSR count). The van der Waals surface area contributed by atoms with Gasteiger partial charge >= 0.3 is 0 Å². The first-order chi connectivity index (χ1) is 8.58. The quantitative estimate of drug-likeness (QED) is 0.664. The first-order valence-corrected chi connectivity index (χ1v) is 7.15. The number of aromatic nitrogens is 3. The Balaban J connectivity index is 2.19. The van der Waals surface area contributed by atoms with Crippen LogP contribution in [0.1, 0.15) is 52.8 Å². The molecule has 0 bridgehead atoms. The molecule has 0 unspecified atom stereocenters. The summed E-state index contributed by atoms with van der Waals surface area (Å²) in [6.45, 7) is 10.2. The molecular formula is C14H28N4. The minimum atomic E-state index is 0.653. The van der Waals surface area contributed by atoms with E-state index in [0.717, 1.165) is 37.0 Å². The minimum absolute atomic E-state index is 0.653. The summed E-state index contributed by atoms with van der Waals surface area (Å²) < 4.78 is 0. The van der Waals surface area contributed by atoms with Crippen LogP contribution in [0.3, 0.4) is 0 Å². The van der Waals surface area contributed by atoms with Gasteiger partial charge in [0.1, 0.15) is 12.2 Å². The third-order valence-electron chi connectivity index (χ3n) is 3.00. The molecule has 0 saturated carbocycles. The predicted octanol–water partition coefficient (Wildman–Crippen LogP) is 2.79. The van der Waals surface area contributed by atoms with E-state index in [2.05, 4.69) is 48.2 Å².